The highest BCUT2D eigenvalue weighted by atomic mass is 16.5. The second kappa shape index (κ2) is 11.6. The number of ether oxygens (including phenoxy) is 2. The molecule has 1 aliphatic rings. The first-order valence-electron chi connectivity index (χ1n) is 10.3. The Hall–Kier alpha value is -3.72. The quantitative estimate of drug-likeness (QED) is 0.330. The number of hydrazone groups is 1. The van der Waals surface area contributed by atoms with Crippen molar-refractivity contribution in [1.29, 1.82) is 0 Å². The van der Waals surface area contributed by atoms with E-state index in [1.54, 1.807) is 24.3 Å². The fourth-order valence-electron chi connectivity index (χ4n) is 2.98. The molecule has 1 saturated heterocycles. The Morgan fingerprint density at radius 1 is 1.16 bits per heavy atom. The third-order valence-electron chi connectivity index (χ3n) is 4.66. The van der Waals surface area contributed by atoms with Crippen molar-refractivity contribution in [1.82, 2.24) is 10.7 Å². The van der Waals surface area contributed by atoms with Crippen molar-refractivity contribution in [3.8, 4) is 5.75 Å². The first-order chi connectivity index (χ1) is 15.5. The van der Waals surface area contributed by atoms with Gasteiger partial charge < -0.3 is 20.1 Å². The molecule has 9 heteroatoms. The summed E-state index contributed by atoms with van der Waals surface area (Å²) in [6.07, 6.45) is 3.16. The Morgan fingerprint density at radius 3 is 2.72 bits per heavy atom. The van der Waals surface area contributed by atoms with Crippen LogP contribution in [0.1, 0.15) is 24.0 Å². The maximum Gasteiger partial charge on any atom is 0.329 e. The summed E-state index contributed by atoms with van der Waals surface area (Å²) in [6, 6.07) is 14.3. The van der Waals surface area contributed by atoms with Crippen molar-refractivity contribution in [2.45, 2.75) is 25.9 Å². The van der Waals surface area contributed by atoms with Crippen LogP contribution >= 0.6 is 0 Å². The first-order valence-corrected chi connectivity index (χ1v) is 10.3. The van der Waals surface area contributed by atoms with Crippen LogP contribution < -0.4 is 20.8 Å². The van der Waals surface area contributed by atoms with Crippen LogP contribution in [0.4, 0.5) is 5.69 Å². The van der Waals surface area contributed by atoms with Gasteiger partial charge in [-0.2, -0.15) is 5.10 Å². The van der Waals surface area contributed by atoms with Crippen molar-refractivity contribution >= 4 is 29.6 Å². The zero-order valence-electron chi connectivity index (χ0n) is 17.8. The molecule has 3 N–H and O–H groups in total. The summed E-state index contributed by atoms with van der Waals surface area (Å²) >= 11 is 0. The van der Waals surface area contributed by atoms with Gasteiger partial charge >= 0.3 is 11.8 Å². The van der Waals surface area contributed by atoms with Gasteiger partial charge in [0.25, 0.3) is 5.91 Å². The van der Waals surface area contributed by atoms with Crippen molar-refractivity contribution < 1.29 is 23.9 Å². The van der Waals surface area contributed by atoms with E-state index in [0.29, 0.717) is 30.2 Å². The molecule has 9 nitrogen and oxygen atoms in total. The molecule has 0 radical (unpaired) electrons. The fraction of sp³-hybridized carbons (Fsp3) is 0.304. The molecular weight excluding hydrogens is 412 g/mol. The van der Waals surface area contributed by atoms with E-state index < -0.39 is 11.8 Å². The highest BCUT2D eigenvalue weighted by Gasteiger charge is 2.18. The summed E-state index contributed by atoms with van der Waals surface area (Å²) in [4.78, 5) is 35.6. The number of benzene rings is 2. The maximum absolute atomic E-state index is 12.0. The van der Waals surface area contributed by atoms with Gasteiger partial charge in [-0.25, -0.2) is 5.43 Å². The van der Waals surface area contributed by atoms with Crippen LogP contribution in [-0.2, 0) is 19.1 Å². The SMILES string of the molecule is Cc1ccc(NC(=O)COc2cccc(/C=N\NC(=O)C(=O)NC[C@H]3CCCO3)c2)cc1. The van der Waals surface area contributed by atoms with Gasteiger partial charge in [-0.1, -0.05) is 29.8 Å². The van der Waals surface area contributed by atoms with Crippen molar-refractivity contribution in [3.63, 3.8) is 0 Å². The summed E-state index contributed by atoms with van der Waals surface area (Å²) < 4.78 is 10.9. The Labute approximate surface area is 186 Å². The molecule has 0 unspecified atom stereocenters. The summed E-state index contributed by atoms with van der Waals surface area (Å²) in [5.41, 5.74) is 4.61. The van der Waals surface area contributed by atoms with E-state index in [9.17, 15) is 14.4 Å². The molecule has 0 aliphatic carbocycles. The first kappa shape index (κ1) is 23.0. The molecule has 1 aliphatic heterocycles. The third kappa shape index (κ3) is 7.51. The lowest BCUT2D eigenvalue weighted by atomic mass is 10.2. The molecule has 1 fully saturated rings. The Morgan fingerprint density at radius 2 is 1.97 bits per heavy atom. The highest BCUT2D eigenvalue weighted by molar-refractivity contribution is 6.35. The monoisotopic (exact) mass is 438 g/mol. The molecule has 3 rings (SSSR count). The molecule has 1 atom stereocenters. The Bertz CT molecular complexity index is 969. The van der Waals surface area contributed by atoms with E-state index in [4.69, 9.17) is 9.47 Å². The molecule has 2 aromatic rings. The molecule has 168 valence electrons. The molecule has 0 spiro atoms. The van der Waals surface area contributed by atoms with Crippen LogP contribution in [0.25, 0.3) is 0 Å². The molecule has 1 heterocycles. The highest BCUT2D eigenvalue weighted by Crippen LogP contribution is 2.13. The largest absolute Gasteiger partial charge is 0.484 e. The Kier molecular flexibility index (Phi) is 8.33. The normalized spacial score (nSPS) is 15.3. The summed E-state index contributed by atoms with van der Waals surface area (Å²) in [6.45, 7) is 2.79. The van der Waals surface area contributed by atoms with Gasteiger partial charge in [-0.15, -0.1) is 0 Å². The molecular formula is C23H26N4O5. The average Bonchev–Trinajstić information content (AvgIpc) is 3.31. The number of rotatable bonds is 8. The summed E-state index contributed by atoms with van der Waals surface area (Å²) in [5.74, 6) is -1.45. The van der Waals surface area contributed by atoms with Crippen LogP contribution in [0.15, 0.2) is 53.6 Å². The van der Waals surface area contributed by atoms with Crippen LogP contribution in [0.2, 0.25) is 0 Å². The summed E-state index contributed by atoms with van der Waals surface area (Å²) in [5, 5.41) is 9.07. The molecule has 32 heavy (non-hydrogen) atoms. The number of amides is 3. The molecule has 0 aromatic heterocycles. The smallest absolute Gasteiger partial charge is 0.329 e. The van der Waals surface area contributed by atoms with Crippen LogP contribution in [-0.4, -0.2) is 49.8 Å². The van der Waals surface area contributed by atoms with Gasteiger partial charge in [-0.3, -0.25) is 14.4 Å². The Balaban J connectivity index is 1.41. The molecule has 2 aromatic carbocycles. The topological polar surface area (TPSA) is 118 Å². The molecule has 0 saturated carbocycles. The van der Waals surface area contributed by atoms with E-state index >= 15 is 0 Å². The lowest BCUT2D eigenvalue weighted by Gasteiger charge is -2.09. The number of nitrogens with zero attached hydrogens (tertiary/aromatic N) is 1. The third-order valence-corrected chi connectivity index (χ3v) is 4.66. The number of carbonyl (C=O) groups excluding carboxylic acids is 3. The van der Waals surface area contributed by atoms with Crippen LogP contribution in [0.5, 0.6) is 5.75 Å². The van der Waals surface area contributed by atoms with E-state index in [1.165, 1.54) is 6.21 Å². The fourth-order valence-corrected chi connectivity index (χ4v) is 2.98. The second-order valence-electron chi connectivity index (χ2n) is 7.32. The number of hydrogen-bond donors (Lipinski definition) is 3. The molecule has 0 bridgehead atoms. The molecule has 3 amide bonds. The van der Waals surface area contributed by atoms with Gasteiger partial charge in [0.1, 0.15) is 5.75 Å². The number of nitrogens with one attached hydrogen (secondary N) is 3. The van der Waals surface area contributed by atoms with E-state index in [1.807, 2.05) is 31.2 Å². The standard InChI is InChI=1S/C23H26N4O5/c1-16-7-9-18(10-8-16)26-21(28)15-32-19-5-2-4-17(12-19)13-25-27-23(30)22(29)24-14-20-6-3-11-31-20/h2,4-5,7-10,12-13,20H,3,6,11,14-15H2,1H3,(H,24,29)(H,26,28)(H,27,30)/b25-13-/t20-/m1/s1. The zero-order chi connectivity index (χ0) is 22.8. The van der Waals surface area contributed by atoms with E-state index in [-0.39, 0.29) is 18.6 Å². The minimum absolute atomic E-state index is 0.0445. The minimum atomic E-state index is -0.862. The van der Waals surface area contributed by atoms with Crippen molar-refractivity contribution in [2.75, 3.05) is 25.1 Å². The van der Waals surface area contributed by atoms with Gasteiger partial charge in [0.05, 0.1) is 12.3 Å². The second-order valence-corrected chi connectivity index (χ2v) is 7.32. The minimum Gasteiger partial charge on any atom is -0.484 e. The predicted molar refractivity (Wildman–Crippen MR) is 119 cm³/mol. The lowest BCUT2D eigenvalue weighted by Crippen LogP contribution is -2.41. The number of hydrogen-bond acceptors (Lipinski definition) is 6. The van der Waals surface area contributed by atoms with E-state index in [0.717, 1.165) is 18.4 Å². The van der Waals surface area contributed by atoms with Gasteiger partial charge in [0, 0.05) is 18.8 Å². The lowest BCUT2D eigenvalue weighted by molar-refractivity contribution is -0.139. The van der Waals surface area contributed by atoms with Gasteiger partial charge in [0.2, 0.25) is 0 Å². The van der Waals surface area contributed by atoms with E-state index in [2.05, 4.69) is 21.2 Å². The van der Waals surface area contributed by atoms with Crippen molar-refractivity contribution in [2.24, 2.45) is 5.10 Å². The van der Waals surface area contributed by atoms with Gasteiger partial charge in [0.15, 0.2) is 6.61 Å². The van der Waals surface area contributed by atoms with Crippen LogP contribution in [0.3, 0.4) is 0 Å². The average molecular weight is 438 g/mol. The number of anilines is 1. The number of aryl methyl sites for hydroxylation is 1. The van der Waals surface area contributed by atoms with Gasteiger partial charge in [-0.05, 0) is 49.6 Å². The number of carbonyl (C=O) groups is 3. The predicted octanol–water partition coefficient (Wildman–Crippen LogP) is 1.76. The summed E-state index contributed by atoms with van der Waals surface area (Å²) in [7, 11) is 0. The van der Waals surface area contributed by atoms with Crippen molar-refractivity contribution in [3.05, 3.63) is 59.7 Å². The van der Waals surface area contributed by atoms with Crippen LogP contribution in [0, 0.1) is 6.92 Å². The zero-order valence-corrected chi connectivity index (χ0v) is 17.8. The maximum atomic E-state index is 12.0.